The quantitative estimate of drug-likeness (QED) is 0.214. The summed E-state index contributed by atoms with van der Waals surface area (Å²) in [4.78, 5) is 8.03. The molecule has 2 aromatic carbocycles. The van der Waals surface area contributed by atoms with E-state index >= 15 is 0 Å². The van der Waals surface area contributed by atoms with Gasteiger partial charge in [0.25, 0.3) is 0 Å². The van der Waals surface area contributed by atoms with Crippen LogP contribution in [0.3, 0.4) is 0 Å². The third kappa shape index (κ3) is 6.09. The zero-order valence-electron chi connectivity index (χ0n) is 19.2. The zero-order valence-corrected chi connectivity index (χ0v) is 20.9. The largest absolute Gasteiger partial charge is 0.349 e. The predicted molar refractivity (Wildman–Crippen MR) is 141 cm³/mol. The molecule has 4 aromatic rings. The number of hydrogen-bond donors (Lipinski definition) is 0. The van der Waals surface area contributed by atoms with Gasteiger partial charge in [0.05, 0.1) is 21.8 Å². The van der Waals surface area contributed by atoms with Crippen molar-refractivity contribution in [2.75, 3.05) is 18.0 Å². The minimum Gasteiger partial charge on any atom is -0.349 e. The van der Waals surface area contributed by atoms with E-state index in [1.807, 2.05) is 36.4 Å². The van der Waals surface area contributed by atoms with E-state index in [-0.39, 0.29) is 0 Å². The molecule has 0 aliphatic heterocycles. The summed E-state index contributed by atoms with van der Waals surface area (Å²) in [6.45, 7) is 8.43. The Kier molecular flexibility index (Phi) is 7.91. The molecule has 0 saturated carbocycles. The number of aryl methyl sites for hydroxylation is 1. The molecule has 0 atom stereocenters. The molecular formula is C25H28N6S2. The molecule has 6 nitrogen and oxygen atoms in total. The second kappa shape index (κ2) is 11.2. The van der Waals surface area contributed by atoms with Crippen molar-refractivity contribution in [3.8, 4) is 0 Å². The summed E-state index contributed by atoms with van der Waals surface area (Å²) in [6, 6.07) is 18.0. The third-order valence-electron chi connectivity index (χ3n) is 5.25. The number of benzene rings is 2. The second-order valence-electron chi connectivity index (χ2n) is 7.61. The van der Waals surface area contributed by atoms with Crippen LogP contribution in [-0.2, 0) is 6.42 Å². The van der Waals surface area contributed by atoms with Gasteiger partial charge in [0.15, 0.2) is 5.13 Å². The van der Waals surface area contributed by atoms with Crippen molar-refractivity contribution in [3.05, 3.63) is 60.2 Å². The first-order valence-corrected chi connectivity index (χ1v) is 13.0. The number of nitrogens with zero attached hydrogens (tertiary/aromatic N) is 6. The summed E-state index contributed by atoms with van der Waals surface area (Å²) in [7, 11) is 0. The molecule has 0 unspecified atom stereocenters. The molecule has 8 heteroatoms. The number of thiophene rings is 1. The fourth-order valence-corrected chi connectivity index (χ4v) is 5.46. The molecule has 4 rings (SSSR count). The highest BCUT2D eigenvalue weighted by molar-refractivity contribution is 7.30. The van der Waals surface area contributed by atoms with E-state index in [0.717, 1.165) is 56.2 Å². The van der Waals surface area contributed by atoms with Crippen LogP contribution in [0.2, 0.25) is 0 Å². The number of anilines is 1. The Morgan fingerprint density at radius 2 is 1.33 bits per heavy atom. The van der Waals surface area contributed by atoms with Gasteiger partial charge in [-0.05, 0) is 74.7 Å². The van der Waals surface area contributed by atoms with Gasteiger partial charge in [0.2, 0.25) is 0 Å². The van der Waals surface area contributed by atoms with Crippen LogP contribution in [0.15, 0.2) is 75.1 Å². The van der Waals surface area contributed by atoms with Crippen molar-refractivity contribution in [1.29, 1.82) is 0 Å². The van der Waals surface area contributed by atoms with E-state index in [9.17, 15) is 0 Å². The topological polar surface area (TPSA) is 65.6 Å². The van der Waals surface area contributed by atoms with E-state index < -0.39 is 0 Å². The van der Waals surface area contributed by atoms with Crippen LogP contribution in [0, 0.1) is 0 Å². The van der Waals surface area contributed by atoms with Gasteiger partial charge in [-0.2, -0.15) is 10.2 Å². The Morgan fingerprint density at radius 1 is 0.758 bits per heavy atom. The van der Waals surface area contributed by atoms with Gasteiger partial charge < -0.3 is 4.90 Å². The summed E-state index contributed by atoms with van der Waals surface area (Å²) >= 11 is 3.28. The highest BCUT2D eigenvalue weighted by Gasteiger charge is 2.12. The number of rotatable bonds is 10. The molecule has 0 N–H and O–H groups in total. The fourth-order valence-electron chi connectivity index (χ4n) is 3.31. The van der Waals surface area contributed by atoms with E-state index in [4.69, 9.17) is 4.98 Å². The summed E-state index contributed by atoms with van der Waals surface area (Å²) in [5.74, 6) is 0. The normalized spacial score (nSPS) is 11.8. The van der Waals surface area contributed by atoms with Crippen molar-refractivity contribution in [2.24, 2.45) is 20.5 Å². The van der Waals surface area contributed by atoms with Gasteiger partial charge in [-0.1, -0.05) is 48.2 Å². The molecule has 2 heterocycles. The lowest BCUT2D eigenvalue weighted by atomic mass is 10.1. The van der Waals surface area contributed by atoms with Crippen LogP contribution in [0.25, 0.3) is 9.53 Å². The highest BCUT2D eigenvalue weighted by atomic mass is 32.1. The Bertz CT molecular complexity index is 1190. The monoisotopic (exact) mass is 476 g/mol. The van der Waals surface area contributed by atoms with Crippen LogP contribution >= 0.6 is 22.7 Å². The molecule has 0 aliphatic rings. The number of thiazole rings is 1. The van der Waals surface area contributed by atoms with E-state index in [1.165, 1.54) is 18.4 Å². The second-order valence-corrected chi connectivity index (χ2v) is 9.63. The lowest BCUT2D eigenvalue weighted by molar-refractivity contribution is 0.795. The maximum Gasteiger partial charge on any atom is 0.187 e. The summed E-state index contributed by atoms with van der Waals surface area (Å²) in [6.07, 6.45) is 3.53. The average molecular weight is 477 g/mol. The molecule has 0 saturated heterocycles. The standard InChI is InChI=1S/C25H28N6S2/c1-4-7-8-18-9-11-19(12-10-18)27-28-20-13-15-21(16-14-20)29-30-23-17-22-24(33-23)26-25(32-22)31(5-2)6-3/h9-17H,4-8H2,1-3H3. The molecule has 0 aliphatic carbocycles. The van der Waals surface area contributed by atoms with Crippen molar-refractivity contribution >= 4 is 59.4 Å². The smallest absolute Gasteiger partial charge is 0.187 e. The first kappa shape index (κ1) is 23.2. The first-order valence-electron chi connectivity index (χ1n) is 11.4. The molecule has 0 spiro atoms. The number of aromatic nitrogens is 1. The number of azo groups is 2. The SMILES string of the molecule is CCCCc1ccc(N=Nc2ccc(N=Nc3cc4sc(N(CC)CC)nc4s3)cc2)cc1. The first-order chi connectivity index (χ1) is 16.2. The summed E-state index contributed by atoms with van der Waals surface area (Å²) in [5.41, 5.74) is 3.77. The van der Waals surface area contributed by atoms with Crippen molar-refractivity contribution < 1.29 is 0 Å². The summed E-state index contributed by atoms with van der Waals surface area (Å²) < 4.78 is 1.16. The van der Waals surface area contributed by atoms with Crippen LogP contribution < -0.4 is 4.90 Å². The summed E-state index contributed by atoms with van der Waals surface area (Å²) in [5, 5.41) is 19.4. The molecule has 0 bridgehead atoms. The van der Waals surface area contributed by atoms with Crippen LogP contribution in [0.1, 0.15) is 39.2 Å². The van der Waals surface area contributed by atoms with Crippen LogP contribution in [0.4, 0.5) is 27.2 Å². The predicted octanol–water partition coefficient (Wildman–Crippen LogP) is 9.38. The molecular weight excluding hydrogens is 448 g/mol. The van der Waals surface area contributed by atoms with Crippen molar-refractivity contribution in [1.82, 2.24) is 4.98 Å². The maximum atomic E-state index is 4.74. The minimum atomic E-state index is 0.780. The van der Waals surface area contributed by atoms with Crippen LogP contribution in [0.5, 0.6) is 0 Å². The Hall–Kier alpha value is -2.97. The van der Waals surface area contributed by atoms with Gasteiger partial charge in [-0.25, -0.2) is 4.98 Å². The zero-order chi connectivity index (χ0) is 23.0. The molecule has 0 amide bonds. The van der Waals surface area contributed by atoms with Crippen molar-refractivity contribution in [3.63, 3.8) is 0 Å². The van der Waals surface area contributed by atoms with E-state index in [0.29, 0.717) is 0 Å². The van der Waals surface area contributed by atoms with Gasteiger partial charge in [0.1, 0.15) is 9.83 Å². The Balaban J connectivity index is 1.37. The van der Waals surface area contributed by atoms with Gasteiger partial charge in [-0.3, -0.25) is 0 Å². The third-order valence-corrected chi connectivity index (χ3v) is 7.35. The number of fused-ring (bicyclic) bond motifs is 1. The average Bonchev–Trinajstić information content (AvgIpc) is 3.41. The molecule has 0 fully saturated rings. The molecule has 170 valence electrons. The van der Waals surface area contributed by atoms with Crippen molar-refractivity contribution in [2.45, 2.75) is 40.0 Å². The number of unbranched alkanes of at least 4 members (excludes halogenated alkanes) is 1. The van der Waals surface area contributed by atoms with Gasteiger partial charge >= 0.3 is 0 Å². The Morgan fingerprint density at radius 3 is 1.88 bits per heavy atom. The lowest BCUT2D eigenvalue weighted by Gasteiger charge is -2.16. The maximum absolute atomic E-state index is 4.74. The highest BCUT2D eigenvalue weighted by Crippen LogP contribution is 2.39. The van der Waals surface area contributed by atoms with E-state index in [1.54, 1.807) is 22.7 Å². The van der Waals surface area contributed by atoms with Gasteiger partial charge in [-0.15, -0.1) is 10.2 Å². The number of hydrogen-bond acceptors (Lipinski definition) is 8. The van der Waals surface area contributed by atoms with Gasteiger partial charge in [0, 0.05) is 13.1 Å². The Labute approximate surface area is 202 Å². The molecule has 0 radical (unpaired) electrons. The molecule has 2 aromatic heterocycles. The van der Waals surface area contributed by atoms with Crippen LogP contribution in [-0.4, -0.2) is 18.1 Å². The fraction of sp³-hybridized carbons (Fsp3) is 0.320. The van der Waals surface area contributed by atoms with E-state index in [2.05, 4.69) is 64.3 Å². The molecule has 33 heavy (non-hydrogen) atoms. The minimum absolute atomic E-state index is 0.780. The lowest BCUT2D eigenvalue weighted by Crippen LogP contribution is -2.21.